The van der Waals surface area contributed by atoms with E-state index in [1.54, 1.807) is 0 Å². The summed E-state index contributed by atoms with van der Waals surface area (Å²) in [6, 6.07) is 0. The van der Waals surface area contributed by atoms with Gasteiger partial charge in [0.15, 0.2) is 0 Å². The first kappa shape index (κ1) is 4.66. The van der Waals surface area contributed by atoms with Gasteiger partial charge in [-0.05, 0) is 0 Å². The Labute approximate surface area is 41.6 Å². The highest BCUT2D eigenvalue weighted by Gasteiger charge is 1.36. The minimum Gasteiger partial charge on any atom is -0.380 e. The van der Waals surface area contributed by atoms with Gasteiger partial charge >= 0.3 is 33.0 Å². The summed E-state index contributed by atoms with van der Waals surface area (Å²) in [6.07, 6.45) is 0. The van der Waals surface area contributed by atoms with Crippen molar-refractivity contribution >= 4 is 33.0 Å². The summed E-state index contributed by atoms with van der Waals surface area (Å²) in [4.78, 5) is 0. The Balaban J connectivity index is 2.55. The first-order chi connectivity index (χ1) is 1.91. The van der Waals surface area contributed by atoms with Crippen molar-refractivity contribution in [1.29, 1.82) is 0 Å². The third-order valence-electron chi connectivity index (χ3n) is 0.0667. The zero-order valence-electron chi connectivity index (χ0n) is 2.05. The molecule has 0 N–H and O–H groups in total. The normalized spacial score (nSPS) is 9.00. The summed E-state index contributed by atoms with van der Waals surface area (Å²) >= 11 is 4.19. The summed E-state index contributed by atoms with van der Waals surface area (Å²) < 4.78 is 6.48. The van der Waals surface area contributed by atoms with Crippen molar-refractivity contribution < 1.29 is 0 Å². The van der Waals surface area contributed by atoms with E-state index >= 15 is 0 Å². The standard InChI is InChI=1S/2Al.N2/c;;1-2/q2*+1;-2. The van der Waals surface area contributed by atoms with E-state index in [-0.39, 0.29) is 0 Å². The molecule has 0 heterocycles. The van der Waals surface area contributed by atoms with E-state index < -0.39 is 0 Å². The molecule has 0 fully saturated rings. The molecule has 0 aromatic carbocycles. The van der Waals surface area contributed by atoms with Crippen molar-refractivity contribution in [3.63, 3.8) is 0 Å². The number of hydrogen-bond acceptors (Lipinski definition) is 2. The molecule has 0 aliphatic carbocycles. The SMILES string of the molecule is [Al][N]=[N][Al]. The molecule has 0 aromatic rings. The minimum absolute atomic E-state index is 2.09. The Hall–Kier alpha value is 0.665. The van der Waals surface area contributed by atoms with Crippen LogP contribution in [-0.4, -0.2) is 33.0 Å². The molecule has 0 aliphatic rings. The fraction of sp³-hybridized carbons (Fsp3) is 0. The molecule has 4 heteroatoms. The fourth-order valence-electron chi connectivity index (χ4n) is 0. The minimum atomic E-state index is 2.09. The molecule has 0 saturated heterocycles. The molecule has 0 aliphatic heterocycles. The van der Waals surface area contributed by atoms with E-state index in [1.807, 2.05) is 0 Å². The first-order valence-corrected chi connectivity index (χ1v) is 1.75. The Morgan fingerprint density at radius 3 is 1.25 bits per heavy atom. The Kier molecular flexibility index (Phi) is 4.27. The monoisotopic (exact) mass is 82.0 g/mol. The van der Waals surface area contributed by atoms with Crippen molar-refractivity contribution in [2.24, 2.45) is 8.20 Å². The summed E-state index contributed by atoms with van der Waals surface area (Å²) in [5.74, 6) is 0. The third-order valence-corrected chi connectivity index (χ3v) is 0.600. The van der Waals surface area contributed by atoms with Crippen molar-refractivity contribution in [2.75, 3.05) is 0 Å². The van der Waals surface area contributed by atoms with Crippen LogP contribution in [0.2, 0.25) is 0 Å². The van der Waals surface area contributed by atoms with Crippen LogP contribution in [0.1, 0.15) is 0 Å². The molecule has 2 nitrogen and oxygen atoms in total. The van der Waals surface area contributed by atoms with E-state index in [0.717, 1.165) is 0 Å². The van der Waals surface area contributed by atoms with E-state index in [9.17, 15) is 0 Å². The van der Waals surface area contributed by atoms with E-state index in [4.69, 9.17) is 0 Å². The van der Waals surface area contributed by atoms with Crippen LogP contribution in [0.4, 0.5) is 0 Å². The predicted molar refractivity (Wildman–Crippen MR) is 16.4 cm³/mol. The van der Waals surface area contributed by atoms with E-state index in [1.165, 1.54) is 0 Å². The molecule has 0 bridgehead atoms. The van der Waals surface area contributed by atoms with Crippen LogP contribution >= 0.6 is 0 Å². The lowest BCUT2D eigenvalue weighted by atomic mass is 13.2. The van der Waals surface area contributed by atoms with Gasteiger partial charge in [-0.2, -0.15) is 0 Å². The smallest absolute Gasteiger partial charge is 0.380 e. The molecule has 0 amide bonds. The molecule has 0 unspecified atom stereocenters. The molecular weight excluding hydrogens is 82.0 g/mol. The molecule has 0 atom stereocenters. The zero-order valence-corrected chi connectivity index (χ0v) is 4.36. The van der Waals surface area contributed by atoms with Gasteiger partial charge in [0, 0.05) is 0 Å². The summed E-state index contributed by atoms with van der Waals surface area (Å²) in [5, 5.41) is 0. The topological polar surface area (TPSA) is 24.7 Å². The van der Waals surface area contributed by atoms with Gasteiger partial charge in [-0.1, -0.05) is 0 Å². The van der Waals surface area contributed by atoms with E-state index in [0.29, 0.717) is 0 Å². The molecule has 0 aromatic heterocycles. The van der Waals surface area contributed by atoms with Crippen LogP contribution < -0.4 is 0 Å². The number of rotatable bonds is 0. The maximum atomic E-state index is 3.24. The highest BCUT2D eigenvalue weighted by atomic mass is 27.1. The molecule has 0 saturated carbocycles. The molecule has 4 heavy (non-hydrogen) atoms. The number of nitrogens with zero attached hydrogens (tertiary/aromatic N) is 2. The van der Waals surface area contributed by atoms with Crippen LogP contribution in [0.25, 0.3) is 0 Å². The third kappa shape index (κ3) is 2.66. The summed E-state index contributed by atoms with van der Waals surface area (Å²) in [7, 11) is 0. The van der Waals surface area contributed by atoms with Gasteiger partial charge in [-0.3, -0.25) is 0 Å². The van der Waals surface area contributed by atoms with Crippen molar-refractivity contribution in [2.45, 2.75) is 0 Å². The largest absolute Gasteiger partial charge is 0.380 e. The second-order valence-corrected chi connectivity index (χ2v) is 0.693. The van der Waals surface area contributed by atoms with Gasteiger partial charge in [0.2, 0.25) is 0 Å². The second-order valence-electron chi connectivity index (χ2n) is 0.231. The molecule has 4 radical (unpaired) electrons. The van der Waals surface area contributed by atoms with Gasteiger partial charge in [0.05, 0.1) is 0 Å². The van der Waals surface area contributed by atoms with Crippen molar-refractivity contribution in [3.8, 4) is 0 Å². The fourth-order valence-corrected chi connectivity index (χ4v) is 0. The highest BCUT2D eigenvalue weighted by molar-refractivity contribution is 6.09. The second kappa shape index (κ2) is 3.66. The first-order valence-electron chi connectivity index (χ1n) is 0.716. The van der Waals surface area contributed by atoms with Gasteiger partial charge in [0.25, 0.3) is 0 Å². The number of hydrogen-bond donors (Lipinski definition) is 0. The van der Waals surface area contributed by atoms with Gasteiger partial charge < -0.3 is 8.20 Å². The van der Waals surface area contributed by atoms with Crippen molar-refractivity contribution in [3.05, 3.63) is 0 Å². The molecule has 0 spiro atoms. The lowest BCUT2D eigenvalue weighted by Gasteiger charge is -1.59. The zero-order chi connectivity index (χ0) is 3.41. The van der Waals surface area contributed by atoms with Crippen LogP contribution in [-0.2, 0) is 0 Å². The molecular formula is Al2N2. The van der Waals surface area contributed by atoms with Crippen LogP contribution in [0.15, 0.2) is 8.20 Å². The maximum Gasteiger partial charge on any atom is 0.380 e. The van der Waals surface area contributed by atoms with Crippen LogP contribution in [0.3, 0.4) is 0 Å². The van der Waals surface area contributed by atoms with E-state index in [2.05, 4.69) is 41.2 Å². The van der Waals surface area contributed by atoms with Crippen molar-refractivity contribution in [1.82, 2.24) is 0 Å². The lowest BCUT2D eigenvalue weighted by molar-refractivity contribution is 1.49. The average molecular weight is 82.0 g/mol. The Morgan fingerprint density at radius 2 is 1.25 bits per heavy atom. The quantitative estimate of drug-likeness (QED) is 0.281. The lowest BCUT2D eigenvalue weighted by Crippen LogP contribution is -1.45. The van der Waals surface area contributed by atoms with Crippen LogP contribution in [0, 0.1) is 0 Å². The molecule has 0 rings (SSSR count). The Morgan fingerprint density at radius 1 is 1.00 bits per heavy atom. The molecule has 16 valence electrons. The summed E-state index contributed by atoms with van der Waals surface area (Å²) in [5.41, 5.74) is 0. The van der Waals surface area contributed by atoms with Crippen LogP contribution in [0.5, 0.6) is 0 Å². The van der Waals surface area contributed by atoms with Gasteiger partial charge in [0.1, 0.15) is 0 Å². The average Bonchev–Trinajstić information content (AvgIpc) is 1.37. The summed E-state index contributed by atoms with van der Waals surface area (Å²) in [6.45, 7) is 0. The maximum absolute atomic E-state index is 3.24. The predicted octanol–water partition coefficient (Wildman–Crippen LogP) is -0.394. The Bertz CT molecular complexity index is 19.2. The van der Waals surface area contributed by atoms with Gasteiger partial charge in [-0.15, -0.1) is 0 Å². The van der Waals surface area contributed by atoms with Gasteiger partial charge in [-0.25, -0.2) is 0 Å². The highest BCUT2D eigenvalue weighted by Crippen LogP contribution is 1.44.